The van der Waals surface area contributed by atoms with Gasteiger partial charge in [-0.3, -0.25) is 15.4 Å². The highest BCUT2D eigenvalue weighted by Crippen LogP contribution is 2.20. The van der Waals surface area contributed by atoms with Gasteiger partial charge in [0.05, 0.1) is 7.11 Å². The summed E-state index contributed by atoms with van der Waals surface area (Å²) in [5.74, 6) is 0.773. The molecule has 0 saturated carbocycles. The maximum atomic E-state index is 12.1. The lowest BCUT2D eigenvalue weighted by atomic mass is 10.0. The molecule has 2 N–H and O–H groups in total. The molecule has 28 heavy (non-hydrogen) atoms. The van der Waals surface area contributed by atoms with Crippen LogP contribution in [0.2, 0.25) is 0 Å². The Bertz CT molecular complexity index is 958. The minimum absolute atomic E-state index is 0.385. The number of ether oxygens (including phenoxy) is 1. The molecule has 1 aromatic heterocycles. The van der Waals surface area contributed by atoms with Gasteiger partial charge in [-0.05, 0) is 54.3 Å². The summed E-state index contributed by atoms with van der Waals surface area (Å²) in [5.41, 5.74) is 2.55. The molecular weight excluding hydrogens is 354 g/mol. The van der Waals surface area contributed by atoms with Crippen molar-refractivity contribution < 1.29 is 14.3 Å². The Balaban J connectivity index is 1.58. The summed E-state index contributed by atoms with van der Waals surface area (Å²) in [5, 5.41) is 4.89. The quantitative estimate of drug-likeness (QED) is 0.686. The second-order valence-electron chi connectivity index (χ2n) is 6.14. The molecule has 0 aliphatic carbocycles. The topological polar surface area (TPSA) is 80.3 Å². The number of para-hydroxylation sites is 1. The van der Waals surface area contributed by atoms with Gasteiger partial charge in [0.1, 0.15) is 11.6 Å². The standard InChI is InChI=1S/C22H21N3O3/c1-28-19-10-6-5-7-17(19)12-11-16-13-14-23-20(15-16)24-22(27)25-21(26)18-8-3-2-4-9-18/h2-10,13-15H,11-12H2,1H3,(H2,23,24,25,26,27). The molecule has 0 radical (unpaired) electrons. The number of amides is 3. The van der Waals surface area contributed by atoms with Gasteiger partial charge < -0.3 is 4.74 Å². The van der Waals surface area contributed by atoms with Crippen molar-refractivity contribution in [3.8, 4) is 5.75 Å². The second-order valence-corrected chi connectivity index (χ2v) is 6.14. The van der Waals surface area contributed by atoms with Crippen LogP contribution < -0.4 is 15.4 Å². The number of hydrogen-bond donors (Lipinski definition) is 2. The zero-order valence-corrected chi connectivity index (χ0v) is 15.5. The van der Waals surface area contributed by atoms with Gasteiger partial charge in [0.15, 0.2) is 0 Å². The number of anilines is 1. The SMILES string of the molecule is COc1ccccc1CCc1ccnc(NC(=O)NC(=O)c2ccccc2)c1. The van der Waals surface area contributed by atoms with Crippen LogP contribution in [-0.2, 0) is 12.8 Å². The fourth-order valence-electron chi connectivity index (χ4n) is 2.80. The molecule has 3 amide bonds. The number of benzene rings is 2. The summed E-state index contributed by atoms with van der Waals surface area (Å²) in [6.07, 6.45) is 3.19. The fourth-order valence-corrected chi connectivity index (χ4v) is 2.80. The van der Waals surface area contributed by atoms with Gasteiger partial charge >= 0.3 is 6.03 Å². The van der Waals surface area contributed by atoms with E-state index in [1.807, 2.05) is 30.3 Å². The van der Waals surface area contributed by atoms with Crippen LogP contribution in [0.15, 0.2) is 72.9 Å². The largest absolute Gasteiger partial charge is 0.496 e. The second kappa shape index (κ2) is 9.32. The lowest BCUT2D eigenvalue weighted by Crippen LogP contribution is -2.34. The van der Waals surface area contributed by atoms with Gasteiger partial charge in [0.25, 0.3) is 5.91 Å². The molecule has 0 aliphatic heterocycles. The van der Waals surface area contributed by atoms with Crippen LogP contribution in [0.3, 0.4) is 0 Å². The molecule has 2 aromatic carbocycles. The molecule has 6 nitrogen and oxygen atoms in total. The molecule has 0 bridgehead atoms. The molecule has 0 fully saturated rings. The van der Waals surface area contributed by atoms with Crippen molar-refractivity contribution in [3.63, 3.8) is 0 Å². The molecule has 0 aliphatic rings. The summed E-state index contributed by atoms with van der Waals surface area (Å²) in [6.45, 7) is 0. The van der Waals surface area contributed by atoms with Crippen molar-refractivity contribution in [3.05, 3.63) is 89.6 Å². The van der Waals surface area contributed by atoms with Gasteiger partial charge in [-0.1, -0.05) is 36.4 Å². The number of urea groups is 1. The first-order valence-corrected chi connectivity index (χ1v) is 8.90. The molecule has 0 unspecified atom stereocenters. The normalized spacial score (nSPS) is 10.2. The number of aromatic nitrogens is 1. The van der Waals surface area contributed by atoms with Crippen molar-refractivity contribution >= 4 is 17.8 Å². The molecule has 0 spiro atoms. The minimum Gasteiger partial charge on any atom is -0.496 e. The van der Waals surface area contributed by atoms with Crippen LogP contribution >= 0.6 is 0 Å². The third-order valence-corrected chi connectivity index (χ3v) is 4.20. The Labute approximate surface area is 163 Å². The average molecular weight is 375 g/mol. The molecule has 0 saturated heterocycles. The summed E-state index contributed by atoms with van der Waals surface area (Å²) >= 11 is 0. The van der Waals surface area contributed by atoms with Crippen LogP contribution in [-0.4, -0.2) is 24.0 Å². The Morgan fingerprint density at radius 1 is 0.964 bits per heavy atom. The van der Waals surface area contributed by atoms with E-state index in [0.717, 1.165) is 29.7 Å². The predicted octanol–water partition coefficient (Wildman–Crippen LogP) is 3.84. The predicted molar refractivity (Wildman–Crippen MR) is 108 cm³/mol. The zero-order chi connectivity index (χ0) is 19.8. The van der Waals surface area contributed by atoms with Gasteiger partial charge in [-0.25, -0.2) is 9.78 Å². The number of hydrogen-bond acceptors (Lipinski definition) is 4. The lowest BCUT2D eigenvalue weighted by Gasteiger charge is -2.09. The number of aryl methyl sites for hydroxylation is 2. The first-order valence-electron chi connectivity index (χ1n) is 8.90. The lowest BCUT2D eigenvalue weighted by molar-refractivity contribution is 0.0967. The van der Waals surface area contributed by atoms with E-state index in [1.54, 1.807) is 49.7 Å². The number of nitrogens with zero attached hydrogens (tertiary/aromatic N) is 1. The first-order chi connectivity index (χ1) is 13.7. The molecule has 1 heterocycles. The van der Waals surface area contributed by atoms with E-state index >= 15 is 0 Å². The molecule has 3 rings (SSSR count). The Morgan fingerprint density at radius 2 is 1.71 bits per heavy atom. The first kappa shape index (κ1) is 19.1. The number of carbonyl (C=O) groups is 2. The molecular formula is C22H21N3O3. The fraction of sp³-hybridized carbons (Fsp3) is 0.136. The third kappa shape index (κ3) is 5.17. The summed E-state index contributed by atoms with van der Waals surface area (Å²) < 4.78 is 5.37. The van der Waals surface area contributed by atoms with E-state index in [0.29, 0.717) is 11.4 Å². The van der Waals surface area contributed by atoms with Crippen LogP contribution in [0, 0.1) is 0 Å². The summed E-state index contributed by atoms with van der Waals surface area (Å²) in [4.78, 5) is 28.2. The van der Waals surface area contributed by atoms with Crippen LogP contribution in [0.25, 0.3) is 0 Å². The zero-order valence-electron chi connectivity index (χ0n) is 15.5. The highest BCUT2D eigenvalue weighted by molar-refractivity contribution is 6.07. The Morgan fingerprint density at radius 3 is 2.50 bits per heavy atom. The number of carbonyl (C=O) groups excluding carboxylic acids is 2. The smallest absolute Gasteiger partial charge is 0.327 e. The molecule has 142 valence electrons. The molecule has 6 heteroatoms. The minimum atomic E-state index is -0.622. The van der Waals surface area contributed by atoms with Crippen LogP contribution in [0.4, 0.5) is 10.6 Å². The number of pyridine rings is 1. The van der Waals surface area contributed by atoms with Crippen LogP contribution in [0.1, 0.15) is 21.5 Å². The van der Waals surface area contributed by atoms with Gasteiger partial charge in [-0.15, -0.1) is 0 Å². The Hall–Kier alpha value is -3.67. The van der Waals surface area contributed by atoms with Gasteiger partial charge in [0.2, 0.25) is 0 Å². The summed E-state index contributed by atoms with van der Waals surface area (Å²) in [6, 6.07) is 19.5. The van der Waals surface area contributed by atoms with E-state index in [1.165, 1.54) is 0 Å². The summed E-state index contributed by atoms with van der Waals surface area (Å²) in [7, 11) is 1.66. The van der Waals surface area contributed by atoms with E-state index < -0.39 is 11.9 Å². The van der Waals surface area contributed by atoms with Gasteiger partial charge in [0, 0.05) is 11.8 Å². The Kier molecular flexibility index (Phi) is 6.36. The monoisotopic (exact) mass is 375 g/mol. The van der Waals surface area contributed by atoms with E-state index in [9.17, 15) is 9.59 Å². The van der Waals surface area contributed by atoms with Crippen molar-refractivity contribution in [2.75, 3.05) is 12.4 Å². The van der Waals surface area contributed by atoms with Crippen molar-refractivity contribution in [2.45, 2.75) is 12.8 Å². The van der Waals surface area contributed by atoms with Crippen molar-refractivity contribution in [1.82, 2.24) is 10.3 Å². The van der Waals surface area contributed by atoms with Crippen LogP contribution in [0.5, 0.6) is 5.75 Å². The number of nitrogens with one attached hydrogen (secondary N) is 2. The van der Waals surface area contributed by atoms with Gasteiger partial charge in [-0.2, -0.15) is 0 Å². The van der Waals surface area contributed by atoms with E-state index in [4.69, 9.17) is 4.74 Å². The van der Waals surface area contributed by atoms with E-state index in [2.05, 4.69) is 15.6 Å². The molecule has 3 aromatic rings. The average Bonchev–Trinajstić information content (AvgIpc) is 2.73. The number of imide groups is 1. The van der Waals surface area contributed by atoms with Crippen molar-refractivity contribution in [1.29, 1.82) is 0 Å². The highest BCUT2D eigenvalue weighted by atomic mass is 16.5. The third-order valence-electron chi connectivity index (χ3n) is 4.20. The highest BCUT2D eigenvalue weighted by Gasteiger charge is 2.11. The maximum Gasteiger partial charge on any atom is 0.327 e. The number of methoxy groups -OCH3 is 1. The van der Waals surface area contributed by atoms with E-state index in [-0.39, 0.29) is 0 Å². The van der Waals surface area contributed by atoms with Crippen molar-refractivity contribution in [2.24, 2.45) is 0 Å². The molecule has 0 atom stereocenters. The maximum absolute atomic E-state index is 12.1. The number of rotatable bonds is 6.